The van der Waals surface area contributed by atoms with Gasteiger partial charge in [-0.3, -0.25) is 4.90 Å². The fourth-order valence-corrected chi connectivity index (χ4v) is 3.43. The van der Waals surface area contributed by atoms with E-state index in [4.69, 9.17) is 4.74 Å². The molecule has 0 aliphatic carbocycles. The molecule has 122 valence electrons. The normalized spacial score (nSPS) is 32.8. The number of morpholine rings is 1. The van der Waals surface area contributed by atoms with E-state index >= 15 is 0 Å². The summed E-state index contributed by atoms with van der Waals surface area (Å²) in [6, 6.07) is 5.79. The van der Waals surface area contributed by atoms with Crippen LogP contribution in [-0.2, 0) is 10.3 Å². The molecule has 2 heterocycles. The smallest absolute Gasteiger partial charge is 0.405 e. The van der Waals surface area contributed by atoms with Crippen LogP contribution in [-0.4, -0.2) is 48.7 Å². The Labute approximate surface area is 126 Å². The second-order valence-corrected chi connectivity index (χ2v) is 5.99. The predicted molar refractivity (Wildman–Crippen MR) is 72.4 cm³/mol. The van der Waals surface area contributed by atoms with E-state index in [2.05, 4.69) is 9.64 Å². The molecule has 0 aromatic heterocycles. The van der Waals surface area contributed by atoms with Gasteiger partial charge in [0.05, 0.1) is 18.8 Å². The van der Waals surface area contributed by atoms with Gasteiger partial charge in [0.2, 0.25) is 0 Å². The lowest BCUT2D eigenvalue weighted by molar-refractivity contribution is -0.275. The Morgan fingerprint density at radius 1 is 1.23 bits per heavy atom. The zero-order valence-electron chi connectivity index (χ0n) is 12.1. The number of fused-ring (bicyclic) bond motifs is 2. The highest BCUT2D eigenvalue weighted by atomic mass is 19.4. The Balaban J connectivity index is 1.93. The molecule has 3 rings (SSSR count). The Hall–Kier alpha value is -1.31. The third kappa shape index (κ3) is 2.93. The number of rotatable bonds is 2. The molecule has 2 aliphatic rings. The van der Waals surface area contributed by atoms with Crippen molar-refractivity contribution in [1.82, 2.24) is 4.90 Å². The molecule has 2 atom stereocenters. The van der Waals surface area contributed by atoms with E-state index in [0.29, 0.717) is 26.1 Å². The van der Waals surface area contributed by atoms with E-state index in [9.17, 15) is 18.3 Å². The van der Waals surface area contributed by atoms with Crippen molar-refractivity contribution in [3.05, 3.63) is 29.8 Å². The highest BCUT2D eigenvalue weighted by molar-refractivity contribution is 5.39. The zero-order chi connectivity index (χ0) is 16.0. The molecule has 7 heteroatoms. The van der Waals surface area contributed by atoms with Gasteiger partial charge in [-0.05, 0) is 26.0 Å². The Morgan fingerprint density at radius 3 is 2.41 bits per heavy atom. The minimum Gasteiger partial charge on any atom is -0.405 e. The Morgan fingerprint density at radius 2 is 1.82 bits per heavy atom. The van der Waals surface area contributed by atoms with Crippen LogP contribution in [0.2, 0.25) is 0 Å². The number of nitrogens with zero attached hydrogens (tertiary/aromatic N) is 1. The van der Waals surface area contributed by atoms with Gasteiger partial charge in [0.1, 0.15) is 5.75 Å². The Bertz CT molecular complexity index is 535. The molecule has 4 nitrogen and oxygen atoms in total. The Kier molecular flexibility index (Phi) is 3.82. The molecule has 2 unspecified atom stereocenters. The number of ether oxygens (including phenoxy) is 2. The van der Waals surface area contributed by atoms with Crippen LogP contribution >= 0.6 is 0 Å². The van der Waals surface area contributed by atoms with Gasteiger partial charge >= 0.3 is 6.36 Å². The number of likely N-dealkylation sites (N-methyl/N-ethyl adjacent to an activating group) is 1. The van der Waals surface area contributed by atoms with Crippen LogP contribution < -0.4 is 4.74 Å². The van der Waals surface area contributed by atoms with Gasteiger partial charge in [-0.2, -0.15) is 0 Å². The average molecular weight is 317 g/mol. The summed E-state index contributed by atoms with van der Waals surface area (Å²) in [6.45, 7) is 0.940. The van der Waals surface area contributed by atoms with Crippen LogP contribution in [0.25, 0.3) is 0 Å². The number of hydrogen-bond acceptors (Lipinski definition) is 4. The molecule has 2 fully saturated rings. The molecule has 1 aromatic rings. The summed E-state index contributed by atoms with van der Waals surface area (Å²) >= 11 is 0. The summed E-state index contributed by atoms with van der Waals surface area (Å²) in [6.07, 6.45) is -4.15. The first kappa shape index (κ1) is 15.6. The van der Waals surface area contributed by atoms with Gasteiger partial charge in [-0.15, -0.1) is 13.2 Å². The molecule has 22 heavy (non-hydrogen) atoms. The predicted octanol–water partition coefficient (Wildman–Crippen LogP) is 2.27. The fourth-order valence-electron chi connectivity index (χ4n) is 3.43. The van der Waals surface area contributed by atoms with Crippen LogP contribution in [0.3, 0.4) is 0 Å². The van der Waals surface area contributed by atoms with E-state index < -0.39 is 12.0 Å². The summed E-state index contributed by atoms with van der Waals surface area (Å²) in [7, 11) is 1.95. The summed E-state index contributed by atoms with van der Waals surface area (Å²) in [5, 5.41) is 11.0. The van der Waals surface area contributed by atoms with E-state index in [1.807, 2.05) is 7.05 Å². The van der Waals surface area contributed by atoms with Crippen LogP contribution in [0, 0.1) is 0 Å². The highest BCUT2D eigenvalue weighted by Gasteiger charge is 2.47. The highest BCUT2D eigenvalue weighted by Crippen LogP contribution is 2.44. The number of benzene rings is 1. The first-order chi connectivity index (χ1) is 10.3. The van der Waals surface area contributed by atoms with Gasteiger partial charge in [0, 0.05) is 17.6 Å². The van der Waals surface area contributed by atoms with Crippen LogP contribution in [0.15, 0.2) is 24.3 Å². The summed E-state index contributed by atoms with van der Waals surface area (Å²) in [5.41, 5.74) is -1.15. The molecular weight excluding hydrogens is 299 g/mol. The third-order valence-corrected chi connectivity index (χ3v) is 4.53. The van der Waals surface area contributed by atoms with E-state index in [-0.39, 0.29) is 23.4 Å². The number of halogens is 3. The number of aliphatic hydroxyl groups is 1. The lowest BCUT2D eigenvalue weighted by Crippen LogP contribution is -2.59. The monoisotopic (exact) mass is 317 g/mol. The van der Waals surface area contributed by atoms with E-state index in [0.717, 1.165) is 0 Å². The van der Waals surface area contributed by atoms with Gasteiger partial charge in [0.25, 0.3) is 0 Å². The van der Waals surface area contributed by atoms with Gasteiger partial charge < -0.3 is 14.6 Å². The SMILES string of the molecule is CN1C2COCC1CC(O)(c1ccccc1OC(F)(F)F)C2. The lowest BCUT2D eigenvalue weighted by atomic mass is 9.77. The van der Waals surface area contributed by atoms with Gasteiger partial charge in [0.15, 0.2) is 0 Å². The molecule has 0 saturated carbocycles. The van der Waals surface area contributed by atoms with E-state index in [1.165, 1.54) is 18.2 Å². The quantitative estimate of drug-likeness (QED) is 0.908. The minimum absolute atomic E-state index is 0.0172. The molecular formula is C15H18F3NO3. The number of alkyl halides is 3. The number of piperidine rings is 1. The van der Waals surface area contributed by atoms with Crippen molar-refractivity contribution in [2.75, 3.05) is 20.3 Å². The average Bonchev–Trinajstić information content (AvgIpc) is 2.39. The maximum Gasteiger partial charge on any atom is 0.573 e. The maximum absolute atomic E-state index is 12.6. The third-order valence-electron chi connectivity index (χ3n) is 4.53. The van der Waals surface area contributed by atoms with Crippen LogP contribution in [0.5, 0.6) is 5.75 Å². The van der Waals surface area contributed by atoms with E-state index in [1.54, 1.807) is 6.07 Å². The largest absolute Gasteiger partial charge is 0.573 e. The van der Waals surface area contributed by atoms with Crippen molar-refractivity contribution >= 4 is 0 Å². The molecule has 2 bridgehead atoms. The summed E-state index contributed by atoms with van der Waals surface area (Å²) in [4.78, 5) is 2.13. The molecule has 0 radical (unpaired) electrons. The molecule has 2 aliphatic heterocycles. The van der Waals surface area contributed by atoms with Crippen molar-refractivity contribution in [2.45, 2.75) is 36.9 Å². The fraction of sp³-hybridized carbons (Fsp3) is 0.600. The standard InChI is InChI=1S/C15H18F3NO3/c1-19-10-6-14(20,7-11(19)9-21-8-10)12-4-2-3-5-13(12)22-15(16,17)18/h2-5,10-11,20H,6-9H2,1H3. The molecule has 0 spiro atoms. The first-order valence-electron chi connectivity index (χ1n) is 7.16. The van der Waals surface area contributed by atoms with Crippen LogP contribution in [0.4, 0.5) is 13.2 Å². The molecule has 2 saturated heterocycles. The van der Waals surface area contributed by atoms with Crippen molar-refractivity contribution < 1.29 is 27.8 Å². The molecule has 1 N–H and O–H groups in total. The maximum atomic E-state index is 12.6. The van der Waals surface area contributed by atoms with Gasteiger partial charge in [-0.1, -0.05) is 18.2 Å². The first-order valence-corrected chi connectivity index (χ1v) is 7.16. The number of para-hydroxylation sites is 1. The van der Waals surface area contributed by atoms with Crippen molar-refractivity contribution in [3.8, 4) is 5.75 Å². The van der Waals surface area contributed by atoms with Crippen molar-refractivity contribution in [3.63, 3.8) is 0 Å². The summed E-state index contributed by atoms with van der Waals surface area (Å²) in [5.74, 6) is -0.332. The van der Waals surface area contributed by atoms with Crippen molar-refractivity contribution in [2.24, 2.45) is 0 Å². The van der Waals surface area contributed by atoms with Crippen LogP contribution in [0.1, 0.15) is 18.4 Å². The van der Waals surface area contributed by atoms with Gasteiger partial charge in [-0.25, -0.2) is 0 Å². The number of hydrogen-bond donors (Lipinski definition) is 1. The van der Waals surface area contributed by atoms with Crippen molar-refractivity contribution in [1.29, 1.82) is 0 Å². The molecule has 1 aromatic carbocycles. The molecule has 0 amide bonds. The second kappa shape index (κ2) is 5.40. The zero-order valence-corrected chi connectivity index (χ0v) is 12.1. The topological polar surface area (TPSA) is 41.9 Å². The lowest BCUT2D eigenvalue weighted by Gasteiger charge is -2.50. The summed E-state index contributed by atoms with van der Waals surface area (Å²) < 4.78 is 47.3. The second-order valence-electron chi connectivity index (χ2n) is 5.99. The minimum atomic E-state index is -4.78.